The van der Waals surface area contributed by atoms with Crippen LogP contribution in [0, 0.1) is 0 Å². The van der Waals surface area contributed by atoms with Gasteiger partial charge >= 0.3 is 0 Å². The van der Waals surface area contributed by atoms with E-state index in [9.17, 15) is 9.90 Å². The van der Waals surface area contributed by atoms with Crippen LogP contribution in [0.25, 0.3) is 10.4 Å². The number of hydrogen-bond donors (Lipinski definition) is 1. The van der Waals surface area contributed by atoms with Crippen molar-refractivity contribution in [3.05, 3.63) is 82.2 Å². The van der Waals surface area contributed by atoms with Crippen molar-refractivity contribution in [1.82, 2.24) is 0 Å². The van der Waals surface area contributed by atoms with Crippen LogP contribution in [-0.4, -0.2) is 17.0 Å². The minimum Gasteiger partial charge on any atom is -0.393 e. The number of aliphatic hydroxyl groups is 1. The monoisotopic (exact) mass is 392 g/mol. The number of aliphatic hydroxyl groups excluding tert-OH is 1. The van der Waals surface area contributed by atoms with E-state index in [0.29, 0.717) is 18.8 Å². The van der Waals surface area contributed by atoms with Crippen molar-refractivity contribution in [1.29, 1.82) is 0 Å². The van der Waals surface area contributed by atoms with Gasteiger partial charge in [-0.05, 0) is 60.1 Å². The number of carbonyl (C=O) groups excluding carboxylic acids is 1. The summed E-state index contributed by atoms with van der Waals surface area (Å²) in [5.41, 5.74) is 5.11. The van der Waals surface area contributed by atoms with E-state index in [1.54, 1.807) is 6.92 Å². The van der Waals surface area contributed by atoms with Gasteiger partial charge < -0.3 is 5.11 Å². The molecule has 0 fully saturated rings. The van der Waals surface area contributed by atoms with Crippen molar-refractivity contribution in [2.45, 2.75) is 52.1 Å². The number of ketones is 1. The fourth-order valence-corrected chi connectivity index (χ4v) is 4.21. The van der Waals surface area contributed by atoms with Gasteiger partial charge in [-0.3, -0.25) is 4.79 Å². The molecule has 0 aliphatic carbocycles. The SMILES string of the molecule is CC(O)CCC(=O)c1ccc(-c2cccc(Cc3cccc(C(C)C)c3)c2)s1. The smallest absolute Gasteiger partial charge is 0.172 e. The molecular formula is C25H28O2S. The van der Waals surface area contributed by atoms with Gasteiger partial charge in [0, 0.05) is 11.3 Å². The standard InChI is InChI=1S/C25H28O2S/c1-17(2)21-8-4-6-19(15-21)14-20-7-5-9-22(16-20)24-12-13-25(28-24)23(27)11-10-18(3)26/h4-9,12-13,15-18,26H,10-11,14H2,1-3H3. The highest BCUT2D eigenvalue weighted by Gasteiger charge is 2.12. The molecule has 1 N–H and O–H groups in total. The normalized spacial score (nSPS) is 12.3. The number of carbonyl (C=O) groups is 1. The minimum atomic E-state index is -0.436. The van der Waals surface area contributed by atoms with E-state index in [4.69, 9.17) is 0 Å². The summed E-state index contributed by atoms with van der Waals surface area (Å²) in [6, 6.07) is 21.3. The predicted octanol–water partition coefficient (Wildman–Crippen LogP) is 6.47. The van der Waals surface area contributed by atoms with Crippen LogP contribution < -0.4 is 0 Å². The molecule has 2 aromatic carbocycles. The van der Waals surface area contributed by atoms with Crippen LogP contribution in [0.4, 0.5) is 0 Å². The molecule has 0 radical (unpaired) electrons. The number of rotatable bonds is 8. The lowest BCUT2D eigenvalue weighted by atomic mass is 9.97. The zero-order valence-electron chi connectivity index (χ0n) is 16.8. The van der Waals surface area contributed by atoms with Crippen LogP contribution in [0.15, 0.2) is 60.7 Å². The van der Waals surface area contributed by atoms with Crippen LogP contribution in [0.2, 0.25) is 0 Å². The molecule has 0 spiro atoms. The lowest BCUT2D eigenvalue weighted by Gasteiger charge is -2.09. The maximum Gasteiger partial charge on any atom is 0.172 e. The Labute approximate surface area is 171 Å². The summed E-state index contributed by atoms with van der Waals surface area (Å²) in [5.74, 6) is 0.640. The Bertz CT molecular complexity index is 937. The number of benzene rings is 2. The molecule has 2 nitrogen and oxygen atoms in total. The van der Waals surface area contributed by atoms with Crippen LogP contribution in [0.3, 0.4) is 0 Å². The second-order valence-corrected chi connectivity index (χ2v) is 8.84. The van der Waals surface area contributed by atoms with Gasteiger partial charge in [-0.2, -0.15) is 0 Å². The van der Waals surface area contributed by atoms with E-state index in [0.717, 1.165) is 21.7 Å². The Morgan fingerprint density at radius 2 is 1.68 bits per heavy atom. The van der Waals surface area contributed by atoms with E-state index < -0.39 is 6.10 Å². The molecule has 0 bridgehead atoms. The molecule has 1 atom stereocenters. The van der Waals surface area contributed by atoms with Gasteiger partial charge in [0.15, 0.2) is 5.78 Å². The predicted molar refractivity (Wildman–Crippen MR) is 118 cm³/mol. The highest BCUT2D eigenvalue weighted by atomic mass is 32.1. The quantitative estimate of drug-likeness (QED) is 0.446. The summed E-state index contributed by atoms with van der Waals surface area (Å²) in [6.07, 6.45) is 1.37. The lowest BCUT2D eigenvalue weighted by molar-refractivity contribution is 0.0953. The van der Waals surface area contributed by atoms with E-state index >= 15 is 0 Å². The zero-order valence-corrected chi connectivity index (χ0v) is 17.6. The first-order chi connectivity index (χ1) is 13.4. The molecule has 3 heteroatoms. The Balaban J connectivity index is 1.75. The second kappa shape index (κ2) is 9.31. The van der Waals surface area contributed by atoms with Gasteiger partial charge in [0.2, 0.25) is 0 Å². The highest BCUT2D eigenvalue weighted by molar-refractivity contribution is 7.17. The summed E-state index contributed by atoms with van der Waals surface area (Å²) < 4.78 is 0. The van der Waals surface area contributed by atoms with Crippen molar-refractivity contribution in [2.24, 2.45) is 0 Å². The average molecular weight is 393 g/mol. The molecule has 0 saturated heterocycles. The van der Waals surface area contributed by atoms with Gasteiger partial charge in [0.05, 0.1) is 11.0 Å². The van der Waals surface area contributed by atoms with Crippen molar-refractivity contribution in [2.75, 3.05) is 0 Å². The molecular weight excluding hydrogens is 364 g/mol. The summed E-state index contributed by atoms with van der Waals surface area (Å²) >= 11 is 1.54. The van der Waals surface area contributed by atoms with Gasteiger partial charge in [-0.15, -0.1) is 11.3 Å². The molecule has 0 saturated carbocycles. The Morgan fingerprint density at radius 1 is 0.964 bits per heavy atom. The Hall–Kier alpha value is -2.23. The van der Waals surface area contributed by atoms with Gasteiger partial charge in [-0.1, -0.05) is 62.4 Å². The largest absolute Gasteiger partial charge is 0.393 e. The molecule has 0 aliphatic rings. The Kier molecular flexibility index (Phi) is 6.82. The topological polar surface area (TPSA) is 37.3 Å². The van der Waals surface area contributed by atoms with Crippen LogP contribution in [0.1, 0.15) is 65.9 Å². The van der Waals surface area contributed by atoms with Crippen molar-refractivity contribution in [3.8, 4) is 10.4 Å². The summed E-state index contributed by atoms with van der Waals surface area (Å²) in [5, 5.41) is 9.38. The molecule has 1 aromatic heterocycles. The number of thiophene rings is 1. The van der Waals surface area contributed by atoms with Crippen molar-refractivity contribution < 1.29 is 9.90 Å². The molecule has 1 unspecified atom stereocenters. The van der Waals surface area contributed by atoms with Crippen molar-refractivity contribution in [3.63, 3.8) is 0 Å². The molecule has 0 amide bonds. The van der Waals surface area contributed by atoms with E-state index in [1.807, 2.05) is 12.1 Å². The maximum absolute atomic E-state index is 12.3. The van der Waals surface area contributed by atoms with E-state index in [2.05, 4.69) is 62.4 Å². The van der Waals surface area contributed by atoms with E-state index in [1.165, 1.54) is 28.0 Å². The lowest BCUT2D eigenvalue weighted by Crippen LogP contribution is -2.04. The molecule has 146 valence electrons. The van der Waals surface area contributed by atoms with Gasteiger partial charge in [0.1, 0.15) is 0 Å². The molecule has 3 rings (SSSR count). The first kappa shape index (κ1) is 20.5. The summed E-state index contributed by atoms with van der Waals surface area (Å²) in [4.78, 5) is 14.2. The average Bonchev–Trinajstić information content (AvgIpc) is 3.17. The fraction of sp³-hybridized carbons (Fsp3) is 0.320. The highest BCUT2D eigenvalue weighted by Crippen LogP contribution is 2.30. The number of Topliss-reactive ketones (excluding diaryl/α,β-unsaturated/α-hetero) is 1. The summed E-state index contributed by atoms with van der Waals surface area (Å²) in [6.45, 7) is 6.16. The van der Waals surface area contributed by atoms with Crippen LogP contribution >= 0.6 is 11.3 Å². The minimum absolute atomic E-state index is 0.110. The first-order valence-corrected chi connectivity index (χ1v) is 10.7. The van der Waals surface area contributed by atoms with Crippen molar-refractivity contribution >= 4 is 17.1 Å². The molecule has 0 aliphatic heterocycles. The Morgan fingerprint density at radius 3 is 2.39 bits per heavy atom. The second-order valence-electron chi connectivity index (χ2n) is 7.75. The van der Waals surface area contributed by atoms with E-state index in [-0.39, 0.29) is 5.78 Å². The third kappa shape index (κ3) is 5.40. The number of hydrogen-bond acceptors (Lipinski definition) is 3. The first-order valence-electron chi connectivity index (χ1n) is 9.91. The van der Waals surface area contributed by atoms with Gasteiger partial charge in [0.25, 0.3) is 0 Å². The maximum atomic E-state index is 12.3. The zero-order chi connectivity index (χ0) is 20.1. The molecule has 28 heavy (non-hydrogen) atoms. The van der Waals surface area contributed by atoms with Crippen LogP contribution in [0.5, 0.6) is 0 Å². The third-order valence-corrected chi connectivity index (χ3v) is 6.08. The third-order valence-electron chi connectivity index (χ3n) is 4.91. The van der Waals surface area contributed by atoms with Crippen LogP contribution in [-0.2, 0) is 6.42 Å². The molecule has 3 aromatic rings. The summed E-state index contributed by atoms with van der Waals surface area (Å²) in [7, 11) is 0. The molecule has 1 heterocycles. The fourth-order valence-electron chi connectivity index (χ4n) is 3.24. The van der Waals surface area contributed by atoms with Gasteiger partial charge in [-0.25, -0.2) is 0 Å².